The van der Waals surface area contributed by atoms with Gasteiger partial charge in [-0.15, -0.1) is 6.42 Å². The summed E-state index contributed by atoms with van der Waals surface area (Å²) < 4.78 is 0. The number of rotatable bonds is 2. The Labute approximate surface area is 85.4 Å². The lowest BCUT2D eigenvalue weighted by Gasteiger charge is -2.31. The zero-order valence-corrected chi connectivity index (χ0v) is 8.51. The molecular weight excluding hydrogens is 176 g/mol. The Balaban J connectivity index is 2.63. The maximum atomic E-state index is 11.2. The molecule has 1 aliphatic rings. The summed E-state index contributed by atoms with van der Waals surface area (Å²) in [5.41, 5.74) is 5.49. The van der Waals surface area contributed by atoms with Gasteiger partial charge in [-0.05, 0) is 18.8 Å². The van der Waals surface area contributed by atoms with Crippen molar-refractivity contribution in [3.8, 4) is 12.3 Å². The fraction of sp³-hybridized carbons (Fsp3) is 0.727. The van der Waals surface area contributed by atoms with E-state index in [2.05, 4.69) is 11.2 Å². The number of carbonyl (C=O) groups excluding carboxylic acids is 1. The van der Waals surface area contributed by atoms with Gasteiger partial charge >= 0.3 is 0 Å². The van der Waals surface area contributed by atoms with Gasteiger partial charge in [0.25, 0.3) is 5.91 Å². The number of nitrogens with one attached hydrogen (secondary N) is 1. The van der Waals surface area contributed by atoms with Gasteiger partial charge in [-0.1, -0.05) is 25.7 Å². The van der Waals surface area contributed by atoms with E-state index in [1.807, 2.05) is 0 Å². The van der Waals surface area contributed by atoms with Crippen molar-refractivity contribution in [3.63, 3.8) is 0 Å². The Bertz CT molecular complexity index is 234. The second-order valence-corrected chi connectivity index (χ2v) is 4.00. The van der Waals surface area contributed by atoms with Gasteiger partial charge in [0.1, 0.15) is 0 Å². The molecule has 0 aromatic carbocycles. The average Bonchev–Trinajstić information content (AvgIpc) is 2.44. The van der Waals surface area contributed by atoms with Gasteiger partial charge in [0.2, 0.25) is 0 Å². The smallest absolute Gasteiger partial charge is 0.296 e. The standard InChI is InChI=1S/C11H18N2O/c1-2-10(14)13-11(9-12)7-5-3-4-6-8-11/h1H,3-9,12H2,(H,13,14). The van der Waals surface area contributed by atoms with Gasteiger partial charge in [-0.25, -0.2) is 0 Å². The van der Waals surface area contributed by atoms with Gasteiger partial charge in [0, 0.05) is 6.54 Å². The van der Waals surface area contributed by atoms with Crippen molar-refractivity contribution in [2.45, 2.75) is 44.1 Å². The van der Waals surface area contributed by atoms with Crippen LogP contribution in [0.15, 0.2) is 0 Å². The highest BCUT2D eigenvalue weighted by molar-refractivity contribution is 5.93. The van der Waals surface area contributed by atoms with E-state index in [1.165, 1.54) is 12.8 Å². The second-order valence-electron chi connectivity index (χ2n) is 4.00. The highest BCUT2D eigenvalue weighted by Gasteiger charge is 2.30. The van der Waals surface area contributed by atoms with Crippen LogP contribution in [0.4, 0.5) is 0 Å². The fourth-order valence-corrected chi connectivity index (χ4v) is 2.06. The molecule has 0 aromatic heterocycles. The average molecular weight is 194 g/mol. The minimum absolute atomic E-state index is 0.236. The maximum absolute atomic E-state index is 11.2. The van der Waals surface area contributed by atoms with Crippen molar-refractivity contribution in [2.75, 3.05) is 6.54 Å². The van der Waals surface area contributed by atoms with Crippen LogP contribution in [0.25, 0.3) is 0 Å². The van der Waals surface area contributed by atoms with E-state index in [1.54, 1.807) is 0 Å². The summed E-state index contributed by atoms with van der Waals surface area (Å²) in [7, 11) is 0. The molecule has 1 fully saturated rings. The highest BCUT2D eigenvalue weighted by Crippen LogP contribution is 2.26. The molecule has 1 amide bonds. The van der Waals surface area contributed by atoms with E-state index in [-0.39, 0.29) is 11.4 Å². The van der Waals surface area contributed by atoms with Crippen molar-refractivity contribution >= 4 is 5.91 Å². The Morgan fingerprint density at radius 2 is 1.93 bits per heavy atom. The lowest BCUT2D eigenvalue weighted by molar-refractivity contribution is -0.117. The zero-order valence-electron chi connectivity index (χ0n) is 8.51. The third kappa shape index (κ3) is 2.74. The Kier molecular flexibility index (Phi) is 3.97. The summed E-state index contributed by atoms with van der Waals surface area (Å²) in [6.45, 7) is 0.487. The molecule has 0 radical (unpaired) electrons. The van der Waals surface area contributed by atoms with Gasteiger partial charge in [-0.3, -0.25) is 4.79 Å². The molecule has 3 heteroatoms. The summed E-state index contributed by atoms with van der Waals surface area (Å²) in [5.74, 6) is 1.75. The normalized spacial score (nSPS) is 20.6. The number of hydrogen-bond donors (Lipinski definition) is 2. The number of nitrogens with two attached hydrogens (primary N) is 1. The molecule has 3 nitrogen and oxygen atoms in total. The van der Waals surface area contributed by atoms with Crippen LogP contribution in [0.5, 0.6) is 0 Å². The Hall–Kier alpha value is -1.01. The molecule has 0 saturated heterocycles. The predicted octanol–water partition coefficient (Wildman–Crippen LogP) is 0.787. The zero-order chi connectivity index (χ0) is 10.4. The maximum Gasteiger partial charge on any atom is 0.296 e. The largest absolute Gasteiger partial charge is 0.339 e. The first-order valence-electron chi connectivity index (χ1n) is 5.21. The molecule has 1 saturated carbocycles. The van der Waals surface area contributed by atoms with Gasteiger partial charge < -0.3 is 11.1 Å². The minimum Gasteiger partial charge on any atom is -0.339 e. The molecule has 0 atom stereocenters. The molecule has 78 valence electrons. The molecule has 0 aromatic rings. The first-order valence-corrected chi connectivity index (χ1v) is 5.21. The van der Waals surface area contributed by atoms with E-state index < -0.39 is 0 Å². The second kappa shape index (κ2) is 5.02. The SMILES string of the molecule is C#CC(=O)NC1(CN)CCCCCC1. The van der Waals surface area contributed by atoms with Crippen LogP contribution in [0, 0.1) is 12.3 Å². The summed E-state index contributed by atoms with van der Waals surface area (Å²) in [4.78, 5) is 11.2. The quantitative estimate of drug-likeness (QED) is 0.504. The molecule has 0 aliphatic heterocycles. The van der Waals surface area contributed by atoms with Crippen LogP contribution in [0.1, 0.15) is 38.5 Å². The van der Waals surface area contributed by atoms with Crippen molar-refractivity contribution < 1.29 is 4.79 Å². The van der Waals surface area contributed by atoms with Crippen molar-refractivity contribution in [1.82, 2.24) is 5.32 Å². The van der Waals surface area contributed by atoms with E-state index >= 15 is 0 Å². The molecule has 0 spiro atoms. The van der Waals surface area contributed by atoms with E-state index in [0.29, 0.717) is 6.54 Å². The van der Waals surface area contributed by atoms with E-state index in [0.717, 1.165) is 25.7 Å². The van der Waals surface area contributed by atoms with Crippen LogP contribution in [0.2, 0.25) is 0 Å². The number of amides is 1. The Morgan fingerprint density at radius 3 is 2.36 bits per heavy atom. The van der Waals surface area contributed by atoms with Gasteiger partial charge in [0.05, 0.1) is 5.54 Å². The number of hydrogen-bond acceptors (Lipinski definition) is 2. The molecule has 1 rings (SSSR count). The van der Waals surface area contributed by atoms with Gasteiger partial charge in [0.15, 0.2) is 0 Å². The molecule has 1 aliphatic carbocycles. The fourth-order valence-electron chi connectivity index (χ4n) is 2.06. The highest BCUT2D eigenvalue weighted by atomic mass is 16.1. The molecule has 14 heavy (non-hydrogen) atoms. The van der Waals surface area contributed by atoms with Crippen molar-refractivity contribution in [3.05, 3.63) is 0 Å². The lowest BCUT2D eigenvalue weighted by atomic mass is 9.90. The third-order valence-electron chi connectivity index (χ3n) is 2.96. The monoisotopic (exact) mass is 194 g/mol. The summed E-state index contributed by atoms with van der Waals surface area (Å²) in [5, 5.41) is 2.87. The number of carbonyl (C=O) groups is 1. The summed E-state index contributed by atoms with van der Waals surface area (Å²) in [6.07, 6.45) is 11.7. The van der Waals surface area contributed by atoms with Crippen molar-refractivity contribution in [1.29, 1.82) is 0 Å². The van der Waals surface area contributed by atoms with Gasteiger partial charge in [-0.2, -0.15) is 0 Å². The van der Waals surface area contributed by atoms with Crippen LogP contribution in [0.3, 0.4) is 0 Å². The number of terminal acetylenes is 1. The van der Waals surface area contributed by atoms with Crippen molar-refractivity contribution in [2.24, 2.45) is 5.73 Å². The molecule has 0 heterocycles. The Morgan fingerprint density at radius 1 is 1.36 bits per heavy atom. The molecular formula is C11H18N2O. The predicted molar refractivity (Wildman–Crippen MR) is 56.5 cm³/mol. The van der Waals surface area contributed by atoms with Crippen LogP contribution in [-0.2, 0) is 4.79 Å². The van der Waals surface area contributed by atoms with Crippen LogP contribution >= 0.6 is 0 Å². The molecule has 0 unspecified atom stereocenters. The van der Waals surface area contributed by atoms with E-state index in [4.69, 9.17) is 12.2 Å². The molecule has 0 bridgehead atoms. The summed E-state index contributed by atoms with van der Waals surface area (Å²) in [6, 6.07) is 0. The first-order chi connectivity index (χ1) is 6.72. The van der Waals surface area contributed by atoms with Crippen LogP contribution in [-0.4, -0.2) is 18.0 Å². The first kappa shape index (κ1) is 11.1. The summed E-state index contributed by atoms with van der Waals surface area (Å²) >= 11 is 0. The van der Waals surface area contributed by atoms with Crippen LogP contribution < -0.4 is 11.1 Å². The topological polar surface area (TPSA) is 55.1 Å². The third-order valence-corrected chi connectivity index (χ3v) is 2.96. The molecule has 3 N–H and O–H groups in total. The van der Waals surface area contributed by atoms with E-state index in [9.17, 15) is 4.79 Å². The minimum atomic E-state index is -0.336. The lowest BCUT2D eigenvalue weighted by Crippen LogP contribution is -2.53.